The third-order valence-electron chi connectivity index (χ3n) is 4.35. The van der Waals surface area contributed by atoms with Gasteiger partial charge < -0.3 is 15.4 Å². The highest BCUT2D eigenvalue weighted by atomic mass is 16.5. The summed E-state index contributed by atoms with van der Waals surface area (Å²) in [6.07, 6.45) is 3.31. The number of ether oxygens (including phenoxy) is 1. The van der Waals surface area contributed by atoms with E-state index >= 15 is 0 Å². The van der Waals surface area contributed by atoms with Crippen LogP contribution in [0.2, 0.25) is 0 Å². The number of alkyl carbamates (subject to hydrolysis) is 1. The fourth-order valence-corrected chi connectivity index (χ4v) is 3.09. The molecule has 1 aromatic carbocycles. The first-order valence-corrected chi connectivity index (χ1v) is 7.51. The van der Waals surface area contributed by atoms with Crippen molar-refractivity contribution < 1.29 is 9.53 Å². The van der Waals surface area contributed by atoms with Crippen LogP contribution in [0.3, 0.4) is 0 Å². The highest BCUT2D eigenvalue weighted by Crippen LogP contribution is 2.41. The molecule has 1 amide bonds. The number of hydrogen-bond acceptors (Lipinski definition) is 3. The quantitative estimate of drug-likeness (QED) is 0.886. The van der Waals surface area contributed by atoms with Crippen LogP contribution in [0, 0.1) is 11.8 Å². The lowest BCUT2D eigenvalue weighted by Gasteiger charge is -2.22. The van der Waals surface area contributed by atoms with Crippen molar-refractivity contribution in [1.29, 1.82) is 0 Å². The summed E-state index contributed by atoms with van der Waals surface area (Å²) in [6, 6.07) is 10.1. The summed E-state index contributed by atoms with van der Waals surface area (Å²) >= 11 is 0. The maximum atomic E-state index is 11.7. The van der Waals surface area contributed by atoms with Crippen LogP contribution in [-0.2, 0) is 11.3 Å². The van der Waals surface area contributed by atoms with E-state index in [0.29, 0.717) is 18.6 Å². The van der Waals surface area contributed by atoms with E-state index in [1.54, 1.807) is 0 Å². The summed E-state index contributed by atoms with van der Waals surface area (Å²) in [5.74, 6) is 1.44. The molecule has 1 aromatic rings. The minimum absolute atomic E-state index is 0.282. The van der Waals surface area contributed by atoms with E-state index < -0.39 is 0 Å². The molecule has 1 saturated carbocycles. The highest BCUT2D eigenvalue weighted by molar-refractivity contribution is 5.68. The number of carbonyl (C=O) groups is 1. The topological polar surface area (TPSA) is 50.4 Å². The lowest BCUT2D eigenvalue weighted by molar-refractivity contribution is 0.138. The van der Waals surface area contributed by atoms with Crippen LogP contribution in [0.1, 0.15) is 24.8 Å². The van der Waals surface area contributed by atoms with Gasteiger partial charge in [-0.3, -0.25) is 0 Å². The van der Waals surface area contributed by atoms with Gasteiger partial charge in [-0.15, -0.1) is 0 Å². The number of amides is 1. The van der Waals surface area contributed by atoms with Crippen LogP contribution in [0.15, 0.2) is 30.3 Å². The van der Waals surface area contributed by atoms with Gasteiger partial charge in [0.15, 0.2) is 0 Å². The molecular formula is C16H22N2O2. The number of piperidine rings is 1. The van der Waals surface area contributed by atoms with Crippen molar-refractivity contribution in [3.63, 3.8) is 0 Å². The molecule has 0 bridgehead atoms. The van der Waals surface area contributed by atoms with Gasteiger partial charge in [-0.25, -0.2) is 4.79 Å². The van der Waals surface area contributed by atoms with Gasteiger partial charge in [-0.2, -0.15) is 0 Å². The van der Waals surface area contributed by atoms with Crippen molar-refractivity contribution in [3.05, 3.63) is 35.9 Å². The zero-order valence-corrected chi connectivity index (χ0v) is 11.7. The van der Waals surface area contributed by atoms with Crippen LogP contribution >= 0.6 is 0 Å². The normalized spacial score (nSPS) is 26.0. The molecule has 2 unspecified atom stereocenters. The largest absolute Gasteiger partial charge is 0.445 e. The SMILES string of the molecule is O=C(NC1CC1C1CCNCC1)OCc1ccccc1. The predicted octanol–water partition coefficient (Wildman–Crippen LogP) is 2.30. The Balaban J connectivity index is 1.37. The van der Waals surface area contributed by atoms with E-state index in [1.165, 1.54) is 12.8 Å². The molecule has 0 spiro atoms. The van der Waals surface area contributed by atoms with Gasteiger partial charge in [0, 0.05) is 6.04 Å². The lowest BCUT2D eigenvalue weighted by Crippen LogP contribution is -2.32. The number of carbonyl (C=O) groups excluding carboxylic acids is 1. The van der Waals surface area contributed by atoms with Crippen molar-refractivity contribution in [1.82, 2.24) is 10.6 Å². The van der Waals surface area contributed by atoms with E-state index in [2.05, 4.69) is 10.6 Å². The molecule has 20 heavy (non-hydrogen) atoms. The Morgan fingerprint density at radius 1 is 1.25 bits per heavy atom. The fourth-order valence-electron chi connectivity index (χ4n) is 3.09. The van der Waals surface area contributed by atoms with Crippen LogP contribution in [0.5, 0.6) is 0 Å². The van der Waals surface area contributed by atoms with E-state index in [9.17, 15) is 4.79 Å². The minimum atomic E-state index is -0.282. The summed E-state index contributed by atoms with van der Waals surface area (Å²) in [4.78, 5) is 11.7. The fraction of sp³-hybridized carbons (Fsp3) is 0.562. The Labute approximate surface area is 119 Å². The molecule has 2 aliphatic rings. The number of benzene rings is 1. The molecule has 0 radical (unpaired) electrons. The van der Waals surface area contributed by atoms with Gasteiger partial charge >= 0.3 is 6.09 Å². The summed E-state index contributed by atoms with van der Waals surface area (Å²) in [5.41, 5.74) is 1.02. The number of hydrogen-bond donors (Lipinski definition) is 2. The molecule has 4 heteroatoms. The van der Waals surface area contributed by atoms with Crippen molar-refractivity contribution in [3.8, 4) is 0 Å². The summed E-state index contributed by atoms with van der Waals surface area (Å²) in [7, 11) is 0. The van der Waals surface area contributed by atoms with E-state index in [4.69, 9.17) is 4.74 Å². The van der Waals surface area contributed by atoms with Crippen LogP contribution in [-0.4, -0.2) is 25.2 Å². The molecule has 0 aromatic heterocycles. The zero-order chi connectivity index (χ0) is 13.8. The average molecular weight is 274 g/mol. The Kier molecular flexibility index (Phi) is 4.21. The van der Waals surface area contributed by atoms with Gasteiger partial charge in [0.1, 0.15) is 6.61 Å². The smallest absolute Gasteiger partial charge is 0.407 e. The van der Waals surface area contributed by atoms with Gasteiger partial charge in [0.2, 0.25) is 0 Å². The number of rotatable bonds is 4. The first-order valence-electron chi connectivity index (χ1n) is 7.51. The Morgan fingerprint density at radius 3 is 2.75 bits per heavy atom. The van der Waals surface area contributed by atoms with Crippen LogP contribution < -0.4 is 10.6 Å². The lowest BCUT2D eigenvalue weighted by atomic mass is 9.93. The second-order valence-corrected chi connectivity index (χ2v) is 5.80. The summed E-state index contributed by atoms with van der Waals surface area (Å²) in [6.45, 7) is 2.58. The molecule has 2 N–H and O–H groups in total. The first kappa shape index (κ1) is 13.4. The molecular weight excluding hydrogens is 252 g/mol. The Morgan fingerprint density at radius 2 is 2.00 bits per heavy atom. The first-order chi connectivity index (χ1) is 9.83. The van der Waals surface area contributed by atoms with Gasteiger partial charge in [0.25, 0.3) is 0 Å². The van der Waals surface area contributed by atoms with Crippen molar-refractivity contribution in [2.45, 2.75) is 31.9 Å². The van der Waals surface area contributed by atoms with Crippen LogP contribution in [0.25, 0.3) is 0 Å². The molecule has 2 atom stereocenters. The molecule has 108 valence electrons. The van der Waals surface area contributed by atoms with Gasteiger partial charge in [0.05, 0.1) is 0 Å². The standard InChI is InChI=1S/C16H22N2O2/c19-16(20-11-12-4-2-1-3-5-12)18-15-10-14(15)13-6-8-17-9-7-13/h1-5,13-15,17H,6-11H2,(H,18,19). The van der Waals surface area contributed by atoms with E-state index in [0.717, 1.165) is 31.0 Å². The third-order valence-corrected chi connectivity index (χ3v) is 4.35. The maximum absolute atomic E-state index is 11.7. The molecule has 1 saturated heterocycles. The van der Waals surface area contributed by atoms with E-state index in [1.807, 2.05) is 30.3 Å². The Hall–Kier alpha value is -1.55. The second-order valence-electron chi connectivity index (χ2n) is 5.80. The molecule has 1 heterocycles. The third kappa shape index (κ3) is 3.51. The van der Waals surface area contributed by atoms with Crippen molar-refractivity contribution in [2.75, 3.05) is 13.1 Å². The predicted molar refractivity (Wildman–Crippen MR) is 77.3 cm³/mol. The summed E-state index contributed by atoms with van der Waals surface area (Å²) in [5, 5.41) is 6.37. The summed E-state index contributed by atoms with van der Waals surface area (Å²) < 4.78 is 5.25. The highest BCUT2D eigenvalue weighted by Gasteiger charge is 2.44. The Bertz CT molecular complexity index is 443. The van der Waals surface area contributed by atoms with Crippen molar-refractivity contribution in [2.24, 2.45) is 11.8 Å². The molecule has 1 aliphatic carbocycles. The molecule has 4 nitrogen and oxygen atoms in total. The minimum Gasteiger partial charge on any atom is -0.445 e. The molecule has 3 rings (SSSR count). The van der Waals surface area contributed by atoms with Crippen LogP contribution in [0.4, 0.5) is 4.79 Å². The van der Waals surface area contributed by atoms with E-state index in [-0.39, 0.29) is 6.09 Å². The van der Waals surface area contributed by atoms with Gasteiger partial charge in [-0.1, -0.05) is 30.3 Å². The average Bonchev–Trinajstić information content (AvgIpc) is 3.26. The number of nitrogens with one attached hydrogen (secondary N) is 2. The molecule has 1 aliphatic heterocycles. The monoisotopic (exact) mass is 274 g/mol. The van der Waals surface area contributed by atoms with Crippen molar-refractivity contribution >= 4 is 6.09 Å². The van der Waals surface area contributed by atoms with Gasteiger partial charge in [-0.05, 0) is 49.8 Å². The molecule has 2 fully saturated rings. The second kappa shape index (κ2) is 6.27. The maximum Gasteiger partial charge on any atom is 0.407 e. The zero-order valence-electron chi connectivity index (χ0n) is 11.7.